The van der Waals surface area contributed by atoms with E-state index in [2.05, 4.69) is 17.2 Å². The number of halogens is 9. The highest BCUT2D eigenvalue weighted by Crippen LogP contribution is 2.65. The fourth-order valence-corrected chi connectivity index (χ4v) is 5.55. The third-order valence-corrected chi connectivity index (χ3v) is 7.86. The lowest BCUT2D eigenvalue weighted by molar-refractivity contribution is -0.137. The van der Waals surface area contributed by atoms with Crippen LogP contribution in [0.1, 0.15) is 39.4 Å². The number of amides is 2. The molecule has 0 bridgehead atoms. The van der Waals surface area contributed by atoms with Gasteiger partial charge in [-0.1, -0.05) is 23.7 Å². The zero-order valence-corrected chi connectivity index (χ0v) is 23.9. The predicted molar refractivity (Wildman–Crippen MR) is 150 cm³/mol. The molecule has 3 aromatic rings. The number of rotatable bonds is 9. The second-order valence-electron chi connectivity index (χ2n) is 9.62. The molecule has 5 nitrogen and oxygen atoms in total. The Morgan fingerprint density at radius 1 is 0.977 bits per heavy atom. The zero-order valence-electron chi connectivity index (χ0n) is 21.6. The van der Waals surface area contributed by atoms with Crippen LogP contribution < -0.4 is 10.6 Å². The fourth-order valence-electron chi connectivity index (χ4n) is 4.50. The summed E-state index contributed by atoms with van der Waals surface area (Å²) in [7, 11) is 0. The number of ketones is 1. The number of benzene rings is 3. The molecule has 43 heavy (non-hydrogen) atoms. The molecule has 2 amide bonds. The van der Waals surface area contributed by atoms with Crippen LogP contribution >= 0.6 is 34.8 Å². The van der Waals surface area contributed by atoms with Crippen molar-refractivity contribution in [2.24, 2.45) is 5.92 Å². The van der Waals surface area contributed by atoms with E-state index < -0.39 is 75.1 Å². The van der Waals surface area contributed by atoms with Crippen molar-refractivity contribution >= 4 is 63.8 Å². The van der Waals surface area contributed by atoms with Gasteiger partial charge in [-0.3, -0.25) is 14.4 Å². The molecule has 1 fully saturated rings. The second-order valence-corrected chi connectivity index (χ2v) is 11.5. The van der Waals surface area contributed by atoms with E-state index in [4.69, 9.17) is 34.8 Å². The van der Waals surface area contributed by atoms with Gasteiger partial charge >= 0.3 is 6.18 Å². The number of alkyl halides is 5. The molecule has 0 aromatic heterocycles. The van der Waals surface area contributed by atoms with Gasteiger partial charge in [0, 0.05) is 30.0 Å². The highest BCUT2D eigenvalue weighted by Gasteiger charge is 2.67. The molecule has 2 N–H and O–H groups in total. The summed E-state index contributed by atoms with van der Waals surface area (Å²) in [6.07, 6.45) is -4.43. The first kappa shape index (κ1) is 32.4. The molecule has 0 saturated heterocycles. The van der Waals surface area contributed by atoms with Gasteiger partial charge in [-0.05, 0) is 53.6 Å². The number of carbonyl (C=O) groups excluding carboxylic acids is 3. The van der Waals surface area contributed by atoms with Gasteiger partial charge in [0.1, 0.15) is 21.7 Å². The summed E-state index contributed by atoms with van der Waals surface area (Å²) in [4.78, 5) is 37.8. The Kier molecular flexibility index (Phi) is 9.20. The van der Waals surface area contributed by atoms with Crippen LogP contribution in [0.2, 0.25) is 5.02 Å². The minimum Gasteiger partial charge on any atom is -0.326 e. The predicted octanol–water partition coefficient (Wildman–Crippen LogP) is 8.24. The van der Waals surface area contributed by atoms with E-state index in [1.54, 1.807) is 0 Å². The van der Waals surface area contributed by atoms with Crippen molar-refractivity contribution in [1.82, 2.24) is 0 Å². The molecule has 0 heterocycles. The van der Waals surface area contributed by atoms with Crippen LogP contribution in [0.4, 0.5) is 37.7 Å². The van der Waals surface area contributed by atoms with Gasteiger partial charge in [0.05, 0.1) is 16.5 Å². The Morgan fingerprint density at radius 3 is 2.33 bits per heavy atom. The maximum absolute atomic E-state index is 15.0. The number of nitrogens with one attached hydrogen (secondary N) is 2. The minimum absolute atomic E-state index is 0.0136. The second kappa shape index (κ2) is 12.2. The van der Waals surface area contributed by atoms with Crippen LogP contribution in [-0.4, -0.2) is 21.9 Å². The molecule has 1 saturated carbocycles. The fraction of sp³-hybridized carbons (Fsp3) is 0.207. The van der Waals surface area contributed by atoms with E-state index in [0.717, 1.165) is 18.2 Å². The molecule has 226 valence electrons. The van der Waals surface area contributed by atoms with Crippen LogP contribution in [0.25, 0.3) is 0 Å². The molecule has 2 atom stereocenters. The summed E-state index contributed by atoms with van der Waals surface area (Å²) in [5.74, 6) is -8.17. The molecule has 1 aliphatic rings. The Bertz CT molecular complexity index is 1640. The van der Waals surface area contributed by atoms with Crippen molar-refractivity contribution in [2.45, 2.75) is 29.3 Å². The van der Waals surface area contributed by atoms with Gasteiger partial charge in [-0.15, -0.1) is 29.8 Å². The van der Waals surface area contributed by atoms with E-state index in [1.165, 1.54) is 24.3 Å². The van der Waals surface area contributed by atoms with Gasteiger partial charge in [-0.2, -0.15) is 13.2 Å². The third kappa shape index (κ3) is 7.00. The van der Waals surface area contributed by atoms with Crippen molar-refractivity contribution in [1.29, 1.82) is 0 Å². The number of hydrogen-bond donors (Lipinski definition) is 2. The first-order valence-electron chi connectivity index (χ1n) is 12.3. The molecular formula is C29H19Cl3F6N2O3. The number of anilines is 2. The van der Waals surface area contributed by atoms with Crippen LogP contribution in [0.3, 0.4) is 0 Å². The monoisotopic (exact) mass is 662 g/mol. The van der Waals surface area contributed by atoms with Gasteiger partial charge in [0.15, 0.2) is 11.6 Å². The van der Waals surface area contributed by atoms with Gasteiger partial charge in [0.2, 0.25) is 11.8 Å². The number of Topliss-reactive ketones (excluding diaryl/α,β-unsaturated/α-hetero) is 1. The molecule has 1 aliphatic carbocycles. The van der Waals surface area contributed by atoms with Gasteiger partial charge < -0.3 is 10.6 Å². The first-order chi connectivity index (χ1) is 20.0. The highest BCUT2D eigenvalue weighted by molar-refractivity contribution is 6.53. The summed E-state index contributed by atoms with van der Waals surface area (Å²) in [5, 5.41) is 4.46. The molecule has 0 radical (unpaired) electrons. The van der Waals surface area contributed by atoms with Gasteiger partial charge in [0.25, 0.3) is 0 Å². The maximum Gasteiger partial charge on any atom is 0.416 e. The van der Waals surface area contributed by atoms with E-state index in [9.17, 15) is 40.7 Å². The normalized spacial score (nSPS) is 17.2. The average molecular weight is 664 g/mol. The van der Waals surface area contributed by atoms with Crippen LogP contribution in [-0.2, 0) is 22.2 Å². The highest BCUT2D eigenvalue weighted by atomic mass is 35.5. The molecule has 4 rings (SSSR count). The van der Waals surface area contributed by atoms with E-state index in [0.29, 0.717) is 12.1 Å². The summed E-state index contributed by atoms with van der Waals surface area (Å²) in [6.45, 7) is 3.37. The molecule has 14 heteroatoms. The first-order valence-corrected chi connectivity index (χ1v) is 13.4. The van der Waals surface area contributed by atoms with Gasteiger partial charge in [-0.25, -0.2) is 13.2 Å². The lowest BCUT2D eigenvalue weighted by Crippen LogP contribution is -2.18. The molecular weight excluding hydrogens is 645 g/mol. The zero-order chi connectivity index (χ0) is 31.9. The quantitative estimate of drug-likeness (QED) is 0.105. The molecule has 3 aromatic carbocycles. The Balaban J connectivity index is 1.53. The number of hydrogen-bond acceptors (Lipinski definition) is 3. The average Bonchev–Trinajstić information content (AvgIpc) is 3.50. The lowest BCUT2D eigenvalue weighted by atomic mass is 10.0. The maximum atomic E-state index is 15.0. The Morgan fingerprint density at radius 2 is 1.67 bits per heavy atom. The smallest absolute Gasteiger partial charge is 0.326 e. The van der Waals surface area contributed by atoms with Crippen LogP contribution in [0.5, 0.6) is 0 Å². The standard InChI is InChI=1S/C29H19Cl3F6N2O3/c1-2-3-22(42)40-26-20(34)7-4-13(25(26)35)10-21(41)18-12-17(5-6-19(18)30)39-27(43)24-23(28(24,31)32)14-8-15(29(36,37)38)11-16(33)9-14/h2,4-9,11-12,23-24H,1,3,10H2,(H,39,43)(H,40,42)/t23-,24+/m0/s1. The number of carbonyl (C=O) groups is 3. The molecule has 0 spiro atoms. The van der Waals surface area contributed by atoms with E-state index in [-0.39, 0.29) is 33.8 Å². The van der Waals surface area contributed by atoms with Crippen LogP contribution in [0, 0.1) is 23.4 Å². The SMILES string of the molecule is C=CCC(=O)Nc1c(F)ccc(CC(=O)c2cc(NC(=O)[C@H]3[C@H](c4cc(F)cc(C(F)(F)F)c4)C3(Cl)Cl)ccc2Cl)c1F. The summed E-state index contributed by atoms with van der Waals surface area (Å²) in [6, 6.07) is 7.40. The lowest BCUT2D eigenvalue weighted by Gasteiger charge is -2.12. The van der Waals surface area contributed by atoms with Crippen molar-refractivity contribution in [3.8, 4) is 0 Å². The van der Waals surface area contributed by atoms with E-state index in [1.807, 2.05) is 0 Å². The molecule has 0 aliphatic heterocycles. The summed E-state index contributed by atoms with van der Waals surface area (Å²) < 4.78 is 80.8. The largest absolute Gasteiger partial charge is 0.416 e. The Labute approximate surface area is 255 Å². The van der Waals surface area contributed by atoms with Crippen LogP contribution in [0.15, 0.2) is 61.2 Å². The molecule has 0 unspecified atom stereocenters. The Hall–Kier alpha value is -3.54. The van der Waals surface area contributed by atoms with Crippen molar-refractivity contribution in [3.05, 3.63) is 106 Å². The topological polar surface area (TPSA) is 75.3 Å². The van der Waals surface area contributed by atoms with Crippen molar-refractivity contribution < 1.29 is 40.7 Å². The van der Waals surface area contributed by atoms with Crippen molar-refractivity contribution in [2.75, 3.05) is 10.6 Å². The minimum atomic E-state index is -4.85. The summed E-state index contributed by atoms with van der Waals surface area (Å²) >= 11 is 18.6. The summed E-state index contributed by atoms with van der Waals surface area (Å²) in [5.41, 5.74) is -2.65. The van der Waals surface area contributed by atoms with E-state index >= 15 is 0 Å². The third-order valence-electron chi connectivity index (χ3n) is 6.59. The van der Waals surface area contributed by atoms with Crippen molar-refractivity contribution in [3.63, 3.8) is 0 Å².